The normalized spacial score (nSPS) is 25.6. The third-order valence-corrected chi connectivity index (χ3v) is 2.22. The minimum atomic E-state index is 0.711. The summed E-state index contributed by atoms with van der Waals surface area (Å²) in [5.41, 5.74) is 0. The van der Waals surface area contributed by atoms with Crippen LogP contribution in [0, 0.1) is 5.92 Å². The number of ether oxygens (including phenoxy) is 1. The quantitative estimate of drug-likeness (QED) is 0.611. The number of hydrogen-bond acceptors (Lipinski definition) is 2. The highest BCUT2D eigenvalue weighted by Crippen LogP contribution is 2.18. The summed E-state index contributed by atoms with van der Waals surface area (Å²) in [6.07, 6.45) is 1.32. The van der Waals surface area contributed by atoms with Crippen molar-refractivity contribution in [3.8, 4) is 0 Å². The summed E-state index contributed by atoms with van der Waals surface area (Å²) in [4.78, 5) is 2.51. The van der Waals surface area contributed by atoms with Gasteiger partial charge in [0.2, 0.25) is 0 Å². The minimum absolute atomic E-state index is 0.711. The van der Waals surface area contributed by atoms with Crippen molar-refractivity contribution in [2.45, 2.75) is 26.3 Å². The first-order valence-corrected chi connectivity index (χ1v) is 4.47. The van der Waals surface area contributed by atoms with E-state index in [0.717, 1.165) is 12.5 Å². The van der Waals surface area contributed by atoms with Gasteiger partial charge in [0, 0.05) is 26.2 Å². The van der Waals surface area contributed by atoms with Gasteiger partial charge in [-0.2, -0.15) is 0 Å². The molecule has 0 unspecified atom stereocenters. The van der Waals surface area contributed by atoms with E-state index in [2.05, 4.69) is 18.7 Å². The van der Waals surface area contributed by atoms with Crippen LogP contribution in [-0.2, 0) is 4.74 Å². The van der Waals surface area contributed by atoms with Crippen LogP contribution in [0.1, 0.15) is 20.3 Å². The summed E-state index contributed by atoms with van der Waals surface area (Å²) >= 11 is 0. The van der Waals surface area contributed by atoms with E-state index < -0.39 is 0 Å². The molecule has 1 atom stereocenters. The molecule has 66 valence electrons. The summed E-state index contributed by atoms with van der Waals surface area (Å²) in [5, 5.41) is 0. The van der Waals surface area contributed by atoms with Crippen LogP contribution in [0.25, 0.3) is 0 Å². The lowest BCUT2D eigenvalue weighted by atomic mass is 10.0. The van der Waals surface area contributed by atoms with Crippen LogP contribution < -0.4 is 0 Å². The first kappa shape index (κ1) is 9.01. The van der Waals surface area contributed by atoms with E-state index in [9.17, 15) is 0 Å². The highest BCUT2D eigenvalue weighted by molar-refractivity contribution is 4.82. The van der Waals surface area contributed by atoms with Gasteiger partial charge in [-0.3, -0.25) is 4.90 Å². The molecule has 0 bridgehead atoms. The van der Waals surface area contributed by atoms with Crippen molar-refractivity contribution in [3.05, 3.63) is 0 Å². The molecule has 0 spiro atoms. The van der Waals surface area contributed by atoms with Gasteiger partial charge in [0.05, 0.1) is 6.61 Å². The summed E-state index contributed by atoms with van der Waals surface area (Å²) in [7, 11) is 1.78. The summed E-state index contributed by atoms with van der Waals surface area (Å²) in [6.45, 7) is 7.94. The van der Waals surface area contributed by atoms with Crippen LogP contribution in [0.5, 0.6) is 0 Å². The average molecular weight is 157 g/mol. The molecule has 1 saturated heterocycles. The monoisotopic (exact) mass is 157 g/mol. The van der Waals surface area contributed by atoms with Gasteiger partial charge in [-0.05, 0) is 12.3 Å². The molecule has 2 nitrogen and oxygen atoms in total. The maximum absolute atomic E-state index is 5.12. The maximum atomic E-state index is 5.12. The van der Waals surface area contributed by atoms with Gasteiger partial charge in [0.25, 0.3) is 0 Å². The second-order valence-electron chi connectivity index (χ2n) is 3.79. The molecule has 11 heavy (non-hydrogen) atoms. The molecule has 0 aromatic rings. The number of methoxy groups -OCH3 is 1. The van der Waals surface area contributed by atoms with E-state index in [1.54, 1.807) is 7.11 Å². The van der Waals surface area contributed by atoms with E-state index in [0.29, 0.717) is 6.04 Å². The van der Waals surface area contributed by atoms with E-state index in [1.807, 2.05) is 0 Å². The van der Waals surface area contributed by atoms with Gasteiger partial charge in [0.1, 0.15) is 0 Å². The molecule has 0 N–H and O–H groups in total. The first-order valence-electron chi connectivity index (χ1n) is 4.47. The van der Waals surface area contributed by atoms with Crippen molar-refractivity contribution in [3.63, 3.8) is 0 Å². The minimum Gasteiger partial charge on any atom is -0.383 e. The van der Waals surface area contributed by atoms with Gasteiger partial charge >= 0.3 is 0 Å². The zero-order valence-corrected chi connectivity index (χ0v) is 7.84. The molecule has 0 radical (unpaired) electrons. The number of likely N-dealkylation sites (tertiary alicyclic amines) is 1. The fourth-order valence-electron chi connectivity index (χ4n) is 1.58. The Balaban J connectivity index is 2.15. The smallest absolute Gasteiger partial charge is 0.0618 e. The molecule has 1 heterocycles. The molecule has 1 aliphatic heterocycles. The second kappa shape index (κ2) is 4.07. The van der Waals surface area contributed by atoms with E-state index in [1.165, 1.54) is 19.5 Å². The molecule has 0 saturated carbocycles. The number of hydrogen-bond donors (Lipinski definition) is 0. The van der Waals surface area contributed by atoms with Gasteiger partial charge in [-0.15, -0.1) is 0 Å². The first-order chi connectivity index (χ1) is 5.24. The Hall–Kier alpha value is -0.0800. The lowest BCUT2D eigenvalue weighted by molar-refractivity contribution is 0.0161. The molecule has 1 fully saturated rings. The topological polar surface area (TPSA) is 12.5 Å². The highest BCUT2D eigenvalue weighted by atomic mass is 16.5. The molecule has 2 heteroatoms. The maximum Gasteiger partial charge on any atom is 0.0618 e. The zero-order chi connectivity index (χ0) is 8.27. The number of rotatable bonds is 4. The predicted octanol–water partition coefficient (Wildman–Crippen LogP) is 1.36. The summed E-state index contributed by atoms with van der Waals surface area (Å²) < 4.78 is 5.12. The zero-order valence-electron chi connectivity index (χ0n) is 7.84. The molecule has 0 aliphatic carbocycles. The van der Waals surface area contributed by atoms with Gasteiger partial charge in [0.15, 0.2) is 0 Å². The Bertz CT molecular complexity index is 114. The SMILES string of the molecule is COC[C@@H]1CCN1CC(C)C. The van der Waals surface area contributed by atoms with Crippen LogP contribution in [0.2, 0.25) is 0 Å². The lowest BCUT2D eigenvalue weighted by Crippen LogP contribution is -2.51. The van der Waals surface area contributed by atoms with Crippen molar-refractivity contribution in [2.75, 3.05) is 26.8 Å². The van der Waals surface area contributed by atoms with E-state index in [4.69, 9.17) is 4.74 Å². The van der Waals surface area contributed by atoms with Gasteiger partial charge < -0.3 is 4.74 Å². The Morgan fingerprint density at radius 2 is 2.27 bits per heavy atom. The fraction of sp³-hybridized carbons (Fsp3) is 1.00. The molecule has 1 rings (SSSR count). The highest BCUT2D eigenvalue weighted by Gasteiger charge is 2.27. The van der Waals surface area contributed by atoms with Crippen LogP contribution in [-0.4, -0.2) is 37.7 Å². The molecule has 0 aromatic heterocycles. The van der Waals surface area contributed by atoms with Crippen LogP contribution >= 0.6 is 0 Å². The Morgan fingerprint density at radius 1 is 1.55 bits per heavy atom. The predicted molar refractivity (Wildman–Crippen MR) is 46.7 cm³/mol. The van der Waals surface area contributed by atoms with Crippen LogP contribution in [0.4, 0.5) is 0 Å². The molecular weight excluding hydrogens is 138 g/mol. The van der Waals surface area contributed by atoms with E-state index >= 15 is 0 Å². The Kier molecular flexibility index (Phi) is 3.34. The van der Waals surface area contributed by atoms with E-state index in [-0.39, 0.29) is 0 Å². The standard InChI is InChI=1S/C9H19NO/c1-8(2)6-10-5-4-9(10)7-11-3/h8-9H,4-7H2,1-3H3/t9-/m0/s1. The lowest BCUT2D eigenvalue weighted by Gasteiger charge is -2.41. The number of nitrogens with zero attached hydrogens (tertiary/aromatic N) is 1. The summed E-state index contributed by atoms with van der Waals surface area (Å²) in [5.74, 6) is 0.787. The largest absolute Gasteiger partial charge is 0.383 e. The Morgan fingerprint density at radius 3 is 2.64 bits per heavy atom. The van der Waals surface area contributed by atoms with Crippen molar-refractivity contribution in [2.24, 2.45) is 5.92 Å². The molecule has 0 amide bonds. The van der Waals surface area contributed by atoms with Gasteiger partial charge in [-0.25, -0.2) is 0 Å². The Labute approximate surface area is 69.5 Å². The average Bonchev–Trinajstić information content (AvgIpc) is 1.93. The third-order valence-electron chi connectivity index (χ3n) is 2.22. The second-order valence-corrected chi connectivity index (χ2v) is 3.79. The molecule has 0 aromatic carbocycles. The van der Waals surface area contributed by atoms with Crippen molar-refractivity contribution in [1.82, 2.24) is 4.90 Å². The molecule has 1 aliphatic rings. The van der Waals surface area contributed by atoms with Gasteiger partial charge in [-0.1, -0.05) is 13.8 Å². The third kappa shape index (κ3) is 2.46. The van der Waals surface area contributed by atoms with Crippen molar-refractivity contribution >= 4 is 0 Å². The van der Waals surface area contributed by atoms with Crippen molar-refractivity contribution < 1.29 is 4.74 Å². The van der Waals surface area contributed by atoms with Crippen LogP contribution in [0.15, 0.2) is 0 Å². The van der Waals surface area contributed by atoms with Crippen molar-refractivity contribution in [1.29, 1.82) is 0 Å². The molecular formula is C9H19NO. The van der Waals surface area contributed by atoms with Crippen LogP contribution in [0.3, 0.4) is 0 Å². The fourth-order valence-corrected chi connectivity index (χ4v) is 1.58. The summed E-state index contributed by atoms with van der Waals surface area (Å²) in [6, 6.07) is 0.711.